The molecule has 0 spiro atoms. The van der Waals surface area contributed by atoms with Crippen LogP contribution in [0.15, 0.2) is 24.3 Å². The normalized spacial score (nSPS) is 32.7. The van der Waals surface area contributed by atoms with E-state index in [2.05, 4.69) is 0 Å². The summed E-state index contributed by atoms with van der Waals surface area (Å²) >= 11 is 0. The number of hydrogen-bond donors (Lipinski definition) is 5. The second-order valence-corrected chi connectivity index (χ2v) is 4.65. The predicted octanol–water partition coefficient (Wildman–Crippen LogP) is -1.44. The van der Waals surface area contributed by atoms with E-state index in [1.165, 1.54) is 24.3 Å². The quantitative estimate of drug-likeness (QED) is 0.456. The SMILES string of the molecule is O=C(O)c1cccc(OC2O[C@H](CO)[C@@H](O)[C@H](O)[C@H]2O)c1. The van der Waals surface area contributed by atoms with Crippen LogP contribution in [0, 0.1) is 0 Å². The fourth-order valence-electron chi connectivity index (χ4n) is 2.00. The molecule has 1 aromatic rings. The first-order valence-corrected chi connectivity index (χ1v) is 6.24. The van der Waals surface area contributed by atoms with Crippen LogP contribution < -0.4 is 4.74 Å². The van der Waals surface area contributed by atoms with Gasteiger partial charge in [0.1, 0.15) is 30.2 Å². The minimum Gasteiger partial charge on any atom is -0.478 e. The number of aliphatic hydroxyl groups is 4. The van der Waals surface area contributed by atoms with Crippen molar-refractivity contribution >= 4 is 5.97 Å². The van der Waals surface area contributed by atoms with E-state index in [1.807, 2.05) is 0 Å². The Morgan fingerprint density at radius 3 is 2.52 bits per heavy atom. The average molecular weight is 300 g/mol. The number of ether oxygens (including phenoxy) is 2. The Morgan fingerprint density at radius 2 is 1.90 bits per heavy atom. The maximum absolute atomic E-state index is 10.9. The molecule has 8 heteroatoms. The zero-order valence-corrected chi connectivity index (χ0v) is 10.9. The number of carbonyl (C=O) groups is 1. The van der Waals surface area contributed by atoms with E-state index in [0.29, 0.717) is 0 Å². The third kappa shape index (κ3) is 3.31. The first-order chi connectivity index (χ1) is 9.93. The molecule has 1 fully saturated rings. The maximum atomic E-state index is 10.9. The van der Waals surface area contributed by atoms with E-state index in [0.717, 1.165) is 0 Å². The lowest BCUT2D eigenvalue weighted by atomic mass is 9.99. The van der Waals surface area contributed by atoms with Crippen LogP contribution in [0.5, 0.6) is 5.75 Å². The third-order valence-electron chi connectivity index (χ3n) is 3.18. The zero-order valence-electron chi connectivity index (χ0n) is 10.9. The molecule has 0 radical (unpaired) electrons. The number of aromatic carboxylic acids is 1. The molecule has 21 heavy (non-hydrogen) atoms. The highest BCUT2D eigenvalue weighted by molar-refractivity contribution is 5.87. The van der Waals surface area contributed by atoms with Crippen LogP contribution in [0.4, 0.5) is 0 Å². The molecule has 1 aliphatic heterocycles. The molecule has 8 nitrogen and oxygen atoms in total. The molecule has 5 N–H and O–H groups in total. The van der Waals surface area contributed by atoms with E-state index >= 15 is 0 Å². The molecule has 1 saturated heterocycles. The summed E-state index contributed by atoms with van der Waals surface area (Å²) in [6.07, 6.45) is -7.00. The van der Waals surface area contributed by atoms with Crippen molar-refractivity contribution in [3.8, 4) is 5.75 Å². The molecule has 0 saturated carbocycles. The molecule has 5 atom stereocenters. The second-order valence-electron chi connectivity index (χ2n) is 4.65. The number of aliphatic hydroxyl groups excluding tert-OH is 4. The lowest BCUT2D eigenvalue weighted by molar-refractivity contribution is -0.277. The minimum absolute atomic E-state index is 0.0166. The monoisotopic (exact) mass is 300 g/mol. The van der Waals surface area contributed by atoms with Gasteiger partial charge in [0.25, 0.3) is 0 Å². The summed E-state index contributed by atoms with van der Waals surface area (Å²) in [5.74, 6) is -1.03. The van der Waals surface area contributed by atoms with Gasteiger partial charge in [-0.05, 0) is 18.2 Å². The van der Waals surface area contributed by atoms with Crippen molar-refractivity contribution < 1.29 is 39.8 Å². The molecule has 1 heterocycles. The molecular formula is C13H16O8. The standard InChI is InChI=1S/C13H16O8/c14-5-8-9(15)10(16)11(17)13(21-8)20-7-3-1-2-6(4-7)12(18)19/h1-4,8-11,13-17H,5H2,(H,18,19)/t8-,9-,10+,11-,13?/m1/s1. The lowest BCUT2D eigenvalue weighted by Crippen LogP contribution is -2.60. The van der Waals surface area contributed by atoms with Crippen LogP contribution in [0.1, 0.15) is 10.4 Å². The van der Waals surface area contributed by atoms with Gasteiger partial charge in [0, 0.05) is 0 Å². The van der Waals surface area contributed by atoms with Gasteiger partial charge in [-0.15, -0.1) is 0 Å². The summed E-state index contributed by atoms with van der Waals surface area (Å²) in [5.41, 5.74) is -0.0166. The van der Waals surface area contributed by atoms with Crippen molar-refractivity contribution in [2.75, 3.05) is 6.61 Å². The van der Waals surface area contributed by atoms with Gasteiger partial charge in [0.05, 0.1) is 12.2 Å². The predicted molar refractivity (Wildman–Crippen MR) is 67.8 cm³/mol. The minimum atomic E-state index is -1.55. The summed E-state index contributed by atoms with van der Waals surface area (Å²) in [5, 5.41) is 47.0. The molecule has 1 aliphatic rings. The van der Waals surface area contributed by atoms with Crippen LogP contribution in [0.25, 0.3) is 0 Å². The fraction of sp³-hybridized carbons (Fsp3) is 0.462. The van der Waals surface area contributed by atoms with Gasteiger partial charge >= 0.3 is 5.97 Å². The van der Waals surface area contributed by atoms with E-state index < -0.39 is 43.3 Å². The van der Waals surface area contributed by atoms with Crippen LogP contribution in [-0.2, 0) is 4.74 Å². The van der Waals surface area contributed by atoms with Gasteiger partial charge in [0.15, 0.2) is 0 Å². The topological polar surface area (TPSA) is 137 Å². The van der Waals surface area contributed by atoms with Gasteiger partial charge in [0.2, 0.25) is 6.29 Å². The van der Waals surface area contributed by atoms with Gasteiger partial charge in [-0.3, -0.25) is 0 Å². The molecule has 0 bridgehead atoms. The van der Waals surface area contributed by atoms with E-state index in [4.69, 9.17) is 19.7 Å². The molecule has 2 rings (SSSR count). The van der Waals surface area contributed by atoms with Gasteiger partial charge in [-0.2, -0.15) is 0 Å². The van der Waals surface area contributed by atoms with Gasteiger partial charge in [-0.25, -0.2) is 4.79 Å². The Morgan fingerprint density at radius 1 is 1.19 bits per heavy atom. The number of carboxylic acid groups (broad SMARTS) is 1. The highest BCUT2D eigenvalue weighted by atomic mass is 16.7. The van der Waals surface area contributed by atoms with Crippen molar-refractivity contribution in [2.24, 2.45) is 0 Å². The molecule has 0 aromatic heterocycles. The second kappa shape index (κ2) is 6.37. The number of carboxylic acids is 1. The van der Waals surface area contributed by atoms with Crippen molar-refractivity contribution in [3.05, 3.63) is 29.8 Å². The summed E-state index contributed by atoms with van der Waals surface area (Å²) < 4.78 is 10.4. The van der Waals surface area contributed by atoms with Gasteiger partial charge < -0.3 is 35.0 Å². The Bertz CT molecular complexity index is 503. The maximum Gasteiger partial charge on any atom is 0.335 e. The summed E-state index contributed by atoms with van der Waals surface area (Å²) in [7, 11) is 0. The molecule has 1 unspecified atom stereocenters. The molecule has 1 aromatic carbocycles. The largest absolute Gasteiger partial charge is 0.478 e. The number of rotatable bonds is 4. The zero-order chi connectivity index (χ0) is 15.6. The lowest BCUT2D eigenvalue weighted by Gasteiger charge is -2.39. The first-order valence-electron chi connectivity index (χ1n) is 6.24. The molecular weight excluding hydrogens is 284 g/mol. The van der Waals surface area contributed by atoms with Crippen molar-refractivity contribution in [1.29, 1.82) is 0 Å². The van der Waals surface area contributed by atoms with Crippen molar-refractivity contribution in [3.63, 3.8) is 0 Å². The Kier molecular flexibility index (Phi) is 4.76. The Balaban J connectivity index is 2.14. The number of hydrogen-bond acceptors (Lipinski definition) is 7. The number of benzene rings is 1. The molecule has 116 valence electrons. The van der Waals surface area contributed by atoms with Crippen LogP contribution in [0.3, 0.4) is 0 Å². The van der Waals surface area contributed by atoms with Gasteiger partial charge in [-0.1, -0.05) is 6.07 Å². The summed E-state index contributed by atoms with van der Waals surface area (Å²) in [6, 6.07) is 5.49. The van der Waals surface area contributed by atoms with E-state index in [1.54, 1.807) is 0 Å². The van der Waals surface area contributed by atoms with Crippen LogP contribution in [0.2, 0.25) is 0 Å². The van der Waals surface area contributed by atoms with Crippen molar-refractivity contribution in [2.45, 2.75) is 30.7 Å². The summed E-state index contributed by atoms with van der Waals surface area (Å²) in [6.45, 7) is -0.569. The smallest absolute Gasteiger partial charge is 0.335 e. The highest BCUT2D eigenvalue weighted by Gasteiger charge is 2.44. The first kappa shape index (κ1) is 15.7. The highest BCUT2D eigenvalue weighted by Crippen LogP contribution is 2.24. The van der Waals surface area contributed by atoms with Crippen LogP contribution >= 0.6 is 0 Å². The third-order valence-corrected chi connectivity index (χ3v) is 3.18. The van der Waals surface area contributed by atoms with Crippen LogP contribution in [-0.4, -0.2) is 68.8 Å². The Labute approximate surface area is 119 Å². The van der Waals surface area contributed by atoms with Crippen molar-refractivity contribution in [1.82, 2.24) is 0 Å². The fourth-order valence-corrected chi connectivity index (χ4v) is 2.00. The molecule has 0 amide bonds. The Hall–Kier alpha value is -1.71. The van der Waals surface area contributed by atoms with E-state index in [9.17, 15) is 20.1 Å². The van der Waals surface area contributed by atoms with E-state index in [-0.39, 0.29) is 11.3 Å². The summed E-state index contributed by atoms with van der Waals surface area (Å²) in [4.78, 5) is 10.9. The average Bonchev–Trinajstić information content (AvgIpc) is 2.48. The molecule has 0 aliphatic carbocycles.